The number of aliphatic hydroxyl groups is 2. The third-order valence-electron chi connectivity index (χ3n) is 9.05. The Hall–Kier alpha value is -5.74. The molecule has 56 heavy (non-hydrogen) atoms. The highest BCUT2D eigenvalue weighted by molar-refractivity contribution is 5.92. The van der Waals surface area contributed by atoms with Gasteiger partial charge in [0.1, 0.15) is 60.5 Å². The number of ether oxygens (including phenoxy) is 3. The highest BCUT2D eigenvalue weighted by atomic mass is 16.7. The van der Waals surface area contributed by atoms with Gasteiger partial charge in [-0.25, -0.2) is 10.1 Å². The van der Waals surface area contributed by atoms with E-state index in [-0.39, 0.29) is 19.4 Å². The molecule has 2 aliphatic rings. The third-order valence-corrected chi connectivity index (χ3v) is 9.05. The molecule has 21 heteroatoms. The van der Waals surface area contributed by atoms with Crippen molar-refractivity contribution in [2.45, 2.75) is 94.9 Å². The Morgan fingerprint density at radius 1 is 0.964 bits per heavy atom. The largest absolute Gasteiger partial charge is 0.481 e. The van der Waals surface area contributed by atoms with E-state index in [1.54, 1.807) is 48.5 Å². The minimum Gasteiger partial charge on any atom is -0.481 e. The predicted octanol–water partition coefficient (Wildman–Crippen LogP) is -1.36. The topological polar surface area (TPSA) is 311 Å². The molecule has 2 heterocycles. The van der Waals surface area contributed by atoms with E-state index in [1.165, 1.54) is 13.8 Å². The first-order chi connectivity index (χ1) is 26.5. The number of nitrogens with zero attached hydrogens (tertiary/aromatic N) is 2. The number of hydrazine groups is 1. The number of hydrogen-bond acceptors (Lipinski definition) is 14. The van der Waals surface area contributed by atoms with Gasteiger partial charge in [-0.3, -0.25) is 28.8 Å². The average Bonchev–Trinajstić information content (AvgIpc) is 3.14. The van der Waals surface area contributed by atoms with Gasteiger partial charge in [-0.15, -0.1) is 0 Å². The van der Waals surface area contributed by atoms with Crippen molar-refractivity contribution in [1.82, 2.24) is 21.3 Å². The molecule has 1 fully saturated rings. The number of aliphatic hydroxyl groups excluding tert-OH is 2. The van der Waals surface area contributed by atoms with Crippen LogP contribution >= 0.6 is 0 Å². The zero-order valence-corrected chi connectivity index (χ0v) is 30.7. The van der Waals surface area contributed by atoms with Crippen molar-refractivity contribution in [1.29, 1.82) is 0 Å². The number of nitrogens with two attached hydrogens (primary N) is 1. The van der Waals surface area contributed by atoms with E-state index in [4.69, 9.17) is 25.1 Å². The molecule has 0 saturated carbocycles. The summed E-state index contributed by atoms with van der Waals surface area (Å²) in [6, 6.07) is 9.11. The summed E-state index contributed by atoms with van der Waals surface area (Å²) < 4.78 is 16.6. The maximum absolute atomic E-state index is 13.0. The average molecular weight is 788 g/mol. The number of nitro groups is 1. The second-order valence-electron chi connectivity index (χ2n) is 13.1. The second kappa shape index (κ2) is 19.2. The van der Waals surface area contributed by atoms with Gasteiger partial charge < -0.3 is 56.5 Å². The third kappa shape index (κ3) is 10.7. The van der Waals surface area contributed by atoms with Crippen LogP contribution in [0.1, 0.15) is 57.2 Å². The lowest BCUT2D eigenvalue weighted by Gasteiger charge is -2.43. The van der Waals surface area contributed by atoms with Crippen LogP contribution in [0.25, 0.3) is 0 Å². The number of aliphatic carboxylic acids is 1. The van der Waals surface area contributed by atoms with Gasteiger partial charge in [0, 0.05) is 31.0 Å². The maximum Gasteiger partial charge on any atom is 0.307 e. The number of fused-ring (bicyclic) bond motifs is 2. The van der Waals surface area contributed by atoms with Crippen LogP contribution in [-0.4, -0.2) is 118 Å². The van der Waals surface area contributed by atoms with Gasteiger partial charge in [0.05, 0.1) is 12.5 Å². The Balaban J connectivity index is 1.35. The van der Waals surface area contributed by atoms with Gasteiger partial charge in [0.2, 0.25) is 23.6 Å². The van der Waals surface area contributed by atoms with E-state index in [1.807, 2.05) is 0 Å². The lowest BCUT2D eigenvalue weighted by molar-refractivity contribution is -0.483. The Bertz CT molecular complexity index is 1750. The number of hydrogen-bond donors (Lipinski definition) is 8. The predicted molar refractivity (Wildman–Crippen MR) is 192 cm³/mol. The molecule has 21 nitrogen and oxygen atoms in total. The van der Waals surface area contributed by atoms with Gasteiger partial charge in [-0.05, 0) is 32.4 Å². The monoisotopic (exact) mass is 787 g/mol. The first-order valence-corrected chi connectivity index (χ1v) is 17.6. The van der Waals surface area contributed by atoms with Crippen LogP contribution in [0.2, 0.25) is 0 Å². The number of benzene rings is 2. The van der Waals surface area contributed by atoms with Crippen molar-refractivity contribution in [3.05, 3.63) is 69.8 Å². The number of amides is 4. The van der Waals surface area contributed by atoms with Crippen molar-refractivity contribution in [3.8, 4) is 0 Å². The molecule has 2 aliphatic heterocycles. The first-order valence-electron chi connectivity index (χ1n) is 17.6. The number of rotatable bonds is 18. The van der Waals surface area contributed by atoms with Crippen molar-refractivity contribution >= 4 is 46.9 Å². The van der Waals surface area contributed by atoms with Crippen LogP contribution in [0.4, 0.5) is 11.4 Å². The Morgan fingerprint density at radius 2 is 1.57 bits per heavy atom. The van der Waals surface area contributed by atoms with Crippen molar-refractivity contribution in [2.24, 2.45) is 5.73 Å². The molecule has 1 saturated heterocycles. The number of esters is 1. The smallest absolute Gasteiger partial charge is 0.307 e. The summed E-state index contributed by atoms with van der Waals surface area (Å²) in [7, 11) is 0. The summed E-state index contributed by atoms with van der Waals surface area (Å²) in [6.07, 6.45) is -8.70. The van der Waals surface area contributed by atoms with E-state index in [0.29, 0.717) is 22.5 Å². The lowest BCUT2D eigenvalue weighted by Crippen LogP contribution is -2.66. The highest BCUT2D eigenvalue weighted by Gasteiger charge is 2.47. The number of carboxylic acids is 1. The molecule has 0 radical (unpaired) electrons. The number of primary amides is 1. The molecule has 2 aromatic rings. The van der Waals surface area contributed by atoms with Crippen molar-refractivity contribution in [2.75, 3.05) is 18.2 Å². The molecule has 0 aliphatic carbocycles. The zero-order chi connectivity index (χ0) is 41.3. The van der Waals surface area contributed by atoms with Gasteiger partial charge in [0.25, 0.3) is 0 Å². The molecule has 4 rings (SSSR count). The summed E-state index contributed by atoms with van der Waals surface area (Å²) in [5, 5.41) is 53.6. The zero-order valence-electron chi connectivity index (χ0n) is 30.7. The molecular formula is C35H45N7O14. The van der Waals surface area contributed by atoms with Crippen LogP contribution in [0.3, 0.4) is 0 Å². The summed E-state index contributed by atoms with van der Waals surface area (Å²) in [6.45, 7) is 3.17. The molecule has 2 unspecified atom stereocenters. The normalized spacial score (nSPS) is 21.9. The maximum atomic E-state index is 13.0. The van der Waals surface area contributed by atoms with Gasteiger partial charge >= 0.3 is 11.9 Å². The van der Waals surface area contributed by atoms with E-state index in [9.17, 15) is 49.1 Å². The molecule has 8 atom stereocenters. The van der Waals surface area contributed by atoms with E-state index >= 15 is 0 Å². The summed E-state index contributed by atoms with van der Waals surface area (Å²) in [4.78, 5) is 85.0. The number of carbonyl (C=O) groups excluding carboxylic acids is 5. The van der Waals surface area contributed by atoms with Crippen LogP contribution < -0.4 is 32.0 Å². The Labute approximate surface area is 319 Å². The second-order valence-corrected chi connectivity index (χ2v) is 13.1. The Kier molecular flexibility index (Phi) is 14.8. The number of para-hydroxylation sites is 2. The number of carboxylic acid groups (broad SMARTS) is 1. The van der Waals surface area contributed by atoms with Gasteiger partial charge in [-0.2, -0.15) is 0 Å². The van der Waals surface area contributed by atoms with Crippen LogP contribution in [-0.2, 0) is 43.0 Å². The summed E-state index contributed by atoms with van der Waals surface area (Å²) in [5.41, 5.74) is 7.21. The lowest BCUT2D eigenvalue weighted by atomic mass is 9.91. The molecule has 0 bridgehead atoms. The number of anilines is 2. The Morgan fingerprint density at radius 3 is 2.12 bits per heavy atom. The summed E-state index contributed by atoms with van der Waals surface area (Å²) in [5.74, 6) is -5.30. The molecule has 2 aromatic carbocycles. The van der Waals surface area contributed by atoms with Crippen molar-refractivity contribution < 1.29 is 63.3 Å². The summed E-state index contributed by atoms with van der Waals surface area (Å²) >= 11 is 0. The fourth-order valence-electron chi connectivity index (χ4n) is 6.27. The number of carbonyl (C=O) groups is 6. The quantitative estimate of drug-likeness (QED) is 0.0491. The van der Waals surface area contributed by atoms with E-state index < -0.39 is 109 Å². The molecule has 0 spiro atoms. The van der Waals surface area contributed by atoms with Crippen LogP contribution in [0, 0.1) is 10.1 Å². The molecule has 9 N–H and O–H groups in total. The highest BCUT2D eigenvalue weighted by Crippen LogP contribution is 2.44. The van der Waals surface area contributed by atoms with Gasteiger partial charge in [0.15, 0.2) is 11.3 Å². The minimum absolute atomic E-state index is 0.0757. The fraction of sp³-hybridized carbons (Fsp3) is 0.486. The van der Waals surface area contributed by atoms with Gasteiger partial charge in [-0.1, -0.05) is 41.4 Å². The standard InChI is InChI=1S/C35H45N7O14/c1-17(33(49)40-22(32(36)48)12-13-26(44)45)38-34(50)18(2)55-31-29(39-19(3)43)35(51)56-25(30(31)47)16-54-27(46)14-15-37-28-20-8-4-6-10-23(20)41(42(52)53)24-11-7-5-9-21(24)28/h4-11,17-18,22,25,28-31,35,37,47,51H,12-16H2,1-3H3,(H2,36,48)(H,38,50)(H,39,43)(H,40,49)(H,44,45)/t17-,18?,22+,25+,29+,30+,31+,35?/m0/s1. The van der Waals surface area contributed by atoms with Crippen molar-refractivity contribution in [3.63, 3.8) is 0 Å². The van der Waals surface area contributed by atoms with Crippen LogP contribution in [0.15, 0.2) is 48.5 Å². The molecule has 4 amide bonds. The number of nitrogens with one attached hydrogen (secondary N) is 4. The molecular weight excluding hydrogens is 742 g/mol. The molecule has 304 valence electrons. The van der Waals surface area contributed by atoms with Crippen LogP contribution in [0.5, 0.6) is 0 Å². The molecule has 0 aromatic heterocycles. The van der Waals surface area contributed by atoms with E-state index in [0.717, 1.165) is 11.9 Å². The minimum atomic E-state index is -1.79. The van der Waals surface area contributed by atoms with E-state index in [2.05, 4.69) is 21.3 Å². The fourth-order valence-corrected chi connectivity index (χ4v) is 6.27. The SMILES string of the molecule is CC(=O)N[C@H]1C(O)O[C@H](COC(=O)CCNC2c3ccccc3N([N+](=O)[O-])c3ccccc32)[C@@H](O)[C@@H]1OC(C)C(=O)N[C@@H](C)C(=O)N[C@H](CCC(=O)O)C(N)=O. The first kappa shape index (κ1) is 43.0.